The highest BCUT2D eigenvalue weighted by atomic mass is 32.2. The number of anilines is 1. The first-order valence-electron chi connectivity index (χ1n) is 8.30. The third kappa shape index (κ3) is 4.26. The maximum Gasteiger partial charge on any atom is 0.257 e. The molecule has 0 bridgehead atoms. The fraction of sp³-hybridized carbons (Fsp3) is 0.200. The molecule has 1 amide bonds. The Morgan fingerprint density at radius 2 is 1.63 bits per heavy atom. The molecule has 2 aromatic carbocycles. The van der Waals surface area contributed by atoms with Crippen LogP contribution < -0.4 is 5.32 Å². The summed E-state index contributed by atoms with van der Waals surface area (Å²) in [5.74, 6) is -0.326. The van der Waals surface area contributed by atoms with Gasteiger partial charge in [-0.3, -0.25) is 10.1 Å². The summed E-state index contributed by atoms with van der Waals surface area (Å²) in [4.78, 5) is 17.1. The molecule has 0 aliphatic heterocycles. The number of benzene rings is 2. The van der Waals surface area contributed by atoms with Gasteiger partial charge in [-0.15, -0.1) is 11.3 Å². The van der Waals surface area contributed by atoms with E-state index in [1.165, 1.54) is 41.2 Å². The fourth-order valence-corrected chi connectivity index (χ4v) is 4.38. The van der Waals surface area contributed by atoms with E-state index in [9.17, 15) is 13.2 Å². The lowest BCUT2D eigenvalue weighted by Gasteiger charge is -2.08. The van der Waals surface area contributed by atoms with E-state index in [1.54, 1.807) is 0 Å². The molecular formula is C20H20N2O3S2. The van der Waals surface area contributed by atoms with Crippen LogP contribution >= 0.6 is 11.3 Å². The van der Waals surface area contributed by atoms with Crippen LogP contribution in [0.1, 0.15) is 27.0 Å². The minimum Gasteiger partial charge on any atom is -0.298 e. The second-order valence-electron chi connectivity index (χ2n) is 6.56. The third-order valence-electron chi connectivity index (χ3n) is 4.20. The molecular weight excluding hydrogens is 380 g/mol. The van der Waals surface area contributed by atoms with Crippen molar-refractivity contribution in [2.75, 3.05) is 11.6 Å². The molecule has 3 aromatic rings. The van der Waals surface area contributed by atoms with Gasteiger partial charge in [0.2, 0.25) is 0 Å². The van der Waals surface area contributed by atoms with Crippen LogP contribution in [0.5, 0.6) is 0 Å². The molecule has 3 rings (SSSR count). The Labute approximate surface area is 163 Å². The predicted molar refractivity (Wildman–Crippen MR) is 109 cm³/mol. The van der Waals surface area contributed by atoms with Crippen molar-refractivity contribution < 1.29 is 13.2 Å². The van der Waals surface area contributed by atoms with E-state index in [-0.39, 0.29) is 10.8 Å². The minimum absolute atomic E-state index is 0.181. The van der Waals surface area contributed by atoms with Crippen LogP contribution in [0.2, 0.25) is 0 Å². The van der Waals surface area contributed by atoms with Crippen LogP contribution in [0.3, 0.4) is 0 Å². The summed E-state index contributed by atoms with van der Waals surface area (Å²) in [6.45, 7) is 6.16. The number of nitrogens with zero attached hydrogens (tertiary/aromatic N) is 1. The molecule has 0 radical (unpaired) electrons. The number of nitrogens with one attached hydrogen (secondary N) is 1. The van der Waals surface area contributed by atoms with Gasteiger partial charge in [-0.2, -0.15) is 0 Å². The molecule has 0 saturated heterocycles. The van der Waals surface area contributed by atoms with E-state index in [2.05, 4.69) is 43.2 Å². The van der Waals surface area contributed by atoms with Crippen molar-refractivity contribution in [3.63, 3.8) is 0 Å². The molecule has 0 aliphatic rings. The van der Waals surface area contributed by atoms with Crippen molar-refractivity contribution >= 4 is 32.2 Å². The van der Waals surface area contributed by atoms with E-state index in [1.807, 2.05) is 5.38 Å². The Kier molecular flexibility index (Phi) is 5.17. The van der Waals surface area contributed by atoms with Crippen molar-refractivity contribution in [1.82, 2.24) is 4.98 Å². The molecule has 1 aromatic heterocycles. The van der Waals surface area contributed by atoms with Crippen LogP contribution in [0, 0.1) is 20.8 Å². The molecule has 0 saturated carbocycles. The maximum atomic E-state index is 12.4. The first kappa shape index (κ1) is 19.3. The van der Waals surface area contributed by atoms with Gasteiger partial charge in [0, 0.05) is 22.8 Å². The van der Waals surface area contributed by atoms with E-state index < -0.39 is 9.84 Å². The van der Waals surface area contributed by atoms with Crippen LogP contribution in [0.15, 0.2) is 46.7 Å². The monoisotopic (exact) mass is 400 g/mol. The van der Waals surface area contributed by atoms with Gasteiger partial charge in [0.25, 0.3) is 5.91 Å². The number of hydrogen-bond donors (Lipinski definition) is 1. The van der Waals surface area contributed by atoms with Crippen molar-refractivity contribution in [3.8, 4) is 11.3 Å². The quantitative estimate of drug-likeness (QED) is 0.705. The van der Waals surface area contributed by atoms with Crippen molar-refractivity contribution in [3.05, 3.63) is 64.0 Å². The summed E-state index contributed by atoms with van der Waals surface area (Å²) in [5, 5.41) is 5.20. The minimum atomic E-state index is -3.28. The van der Waals surface area contributed by atoms with Crippen molar-refractivity contribution in [1.29, 1.82) is 0 Å². The lowest BCUT2D eigenvalue weighted by atomic mass is 9.98. The Hall–Kier alpha value is -2.51. The molecule has 1 N–H and O–H groups in total. The first-order chi connectivity index (χ1) is 12.6. The zero-order chi connectivity index (χ0) is 19.8. The molecule has 27 heavy (non-hydrogen) atoms. The Balaban J connectivity index is 1.81. The summed E-state index contributed by atoms with van der Waals surface area (Å²) < 4.78 is 23.0. The maximum absolute atomic E-state index is 12.4. The fourth-order valence-electron chi connectivity index (χ4n) is 3.05. The molecule has 5 nitrogen and oxygen atoms in total. The number of hydrogen-bond acceptors (Lipinski definition) is 5. The number of rotatable bonds is 4. The van der Waals surface area contributed by atoms with Crippen LogP contribution in [-0.4, -0.2) is 25.6 Å². The smallest absolute Gasteiger partial charge is 0.257 e. The number of carbonyl (C=O) groups is 1. The van der Waals surface area contributed by atoms with Gasteiger partial charge in [-0.05, 0) is 56.2 Å². The van der Waals surface area contributed by atoms with Gasteiger partial charge in [-0.1, -0.05) is 17.7 Å². The van der Waals surface area contributed by atoms with Gasteiger partial charge in [0.05, 0.1) is 10.6 Å². The zero-order valence-corrected chi connectivity index (χ0v) is 17.2. The highest BCUT2D eigenvalue weighted by molar-refractivity contribution is 7.90. The first-order valence-corrected chi connectivity index (χ1v) is 11.1. The number of aromatic nitrogens is 1. The lowest BCUT2D eigenvalue weighted by Crippen LogP contribution is -2.12. The Bertz CT molecular complexity index is 1090. The van der Waals surface area contributed by atoms with Gasteiger partial charge in [0.1, 0.15) is 0 Å². The molecule has 0 atom stereocenters. The molecule has 0 spiro atoms. The van der Waals surface area contributed by atoms with Crippen molar-refractivity contribution in [2.24, 2.45) is 0 Å². The largest absolute Gasteiger partial charge is 0.298 e. The Morgan fingerprint density at radius 1 is 1.04 bits per heavy atom. The molecule has 7 heteroatoms. The summed E-state index contributed by atoms with van der Waals surface area (Å²) in [5.41, 5.74) is 5.78. The molecule has 0 unspecified atom stereocenters. The third-order valence-corrected chi connectivity index (χ3v) is 6.09. The lowest BCUT2D eigenvalue weighted by molar-refractivity contribution is 0.102. The van der Waals surface area contributed by atoms with E-state index in [0.29, 0.717) is 10.7 Å². The number of thiazole rings is 1. The number of amides is 1. The second-order valence-corrected chi connectivity index (χ2v) is 9.44. The average molecular weight is 401 g/mol. The SMILES string of the molecule is Cc1cc(C)c(-c2csc(NC(=O)c3ccc(S(C)(=O)=O)cc3)n2)c(C)c1. The number of aryl methyl sites for hydroxylation is 3. The van der Waals surface area contributed by atoms with Gasteiger partial charge < -0.3 is 0 Å². The average Bonchev–Trinajstić information content (AvgIpc) is 3.01. The van der Waals surface area contributed by atoms with Crippen LogP contribution in [0.4, 0.5) is 5.13 Å². The standard InChI is InChI=1S/C20H20N2O3S2/c1-12-9-13(2)18(14(3)10-12)17-11-26-20(21-17)22-19(23)15-5-7-16(8-6-15)27(4,24)25/h5-11H,1-4H3,(H,21,22,23). The van der Waals surface area contributed by atoms with E-state index in [4.69, 9.17) is 0 Å². The summed E-state index contributed by atoms with van der Waals surface area (Å²) >= 11 is 1.36. The number of carbonyl (C=O) groups excluding carboxylic acids is 1. The van der Waals surface area contributed by atoms with Gasteiger partial charge in [0.15, 0.2) is 15.0 Å². The van der Waals surface area contributed by atoms with E-state index in [0.717, 1.165) is 28.6 Å². The number of sulfone groups is 1. The summed E-state index contributed by atoms with van der Waals surface area (Å²) in [6.07, 6.45) is 1.13. The highest BCUT2D eigenvalue weighted by Crippen LogP contribution is 2.31. The summed E-state index contributed by atoms with van der Waals surface area (Å²) in [6, 6.07) is 10.1. The molecule has 140 valence electrons. The highest BCUT2D eigenvalue weighted by Gasteiger charge is 2.14. The predicted octanol–water partition coefficient (Wildman–Crippen LogP) is 4.39. The van der Waals surface area contributed by atoms with Crippen LogP contribution in [0.25, 0.3) is 11.3 Å². The van der Waals surface area contributed by atoms with E-state index >= 15 is 0 Å². The Morgan fingerprint density at radius 3 is 2.19 bits per heavy atom. The molecule has 0 fully saturated rings. The molecule has 0 aliphatic carbocycles. The topological polar surface area (TPSA) is 76.1 Å². The van der Waals surface area contributed by atoms with Crippen LogP contribution in [-0.2, 0) is 9.84 Å². The summed E-state index contributed by atoms with van der Waals surface area (Å²) in [7, 11) is -3.28. The second kappa shape index (κ2) is 7.25. The molecule has 1 heterocycles. The normalized spacial score (nSPS) is 11.4. The van der Waals surface area contributed by atoms with Crippen molar-refractivity contribution in [2.45, 2.75) is 25.7 Å². The zero-order valence-electron chi connectivity index (χ0n) is 15.5. The van der Waals surface area contributed by atoms with Gasteiger partial charge in [-0.25, -0.2) is 13.4 Å². The van der Waals surface area contributed by atoms with Gasteiger partial charge >= 0.3 is 0 Å².